The van der Waals surface area contributed by atoms with Crippen LogP contribution in [0.2, 0.25) is 0 Å². The van der Waals surface area contributed by atoms with Crippen LogP contribution in [0.15, 0.2) is 53.7 Å². The van der Waals surface area contributed by atoms with Gasteiger partial charge in [0.2, 0.25) is 0 Å². The van der Waals surface area contributed by atoms with Gasteiger partial charge in [-0.1, -0.05) is 17.3 Å². The van der Waals surface area contributed by atoms with Gasteiger partial charge in [-0.15, -0.1) is 0 Å². The maximum atomic E-state index is 12.5. The van der Waals surface area contributed by atoms with Crippen LogP contribution >= 0.6 is 0 Å². The largest absolute Gasteiger partial charge is 0.482 e. The molecule has 0 fully saturated rings. The molecular weight excluding hydrogens is 375 g/mol. The average Bonchev–Trinajstić information content (AvgIpc) is 2.66. The maximum Gasteiger partial charge on any atom is 0.416 e. The topological polar surface area (TPSA) is 57.1 Å². The first-order valence-electron chi connectivity index (χ1n) is 8.51. The van der Waals surface area contributed by atoms with Gasteiger partial charge < -0.3 is 14.3 Å². The van der Waals surface area contributed by atoms with Crippen LogP contribution in [0.25, 0.3) is 0 Å². The van der Waals surface area contributed by atoms with E-state index >= 15 is 0 Å². The molecule has 0 spiro atoms. The summed E-state index contributed by atoms with van der Waals surface area (Å²) in [6.45, 7) is 3.63. The lowest BCUT2D eigenvalue weighted by atomic mass is 10.1. The quantitative estimate of drug-likeness (QED) is 0.373. The molecule has 8 heteroatoms. The highest BCUT2D eigenvalue weighted by molar-refractivity contribution is 5.98. The molecule has 0 unspecified atom stereocenters. The molecule has 0 aliphatic carbocycles. The van der Waals surface area contributed by atoms with Gasteiger partial charge in [0.15, 0.2) is 6.61 Å². The van der Waals surface area contributed by atoms with Crippen molar-refractivity contribution in [1.82, 2.24) is 0 Å². The number of halogens is 3. The Morgan fingerprint density at radius 3 is 2.25 bits per heavy atom. The van der Waals surface area contributed by atoms with Crippen LogP contribution < -0.4 is 4.74 Å². The minimum Gasteiger partial charge on any atom is -0.482 e. The summed E-state index contributed by atoms with van der Waals surface area (Å²) in [6.07, 6.45) is -4.36. The second-order valence-electron chi connectivity index (χ2n) is 5.76. The molecule has 0 radical (unpaired) electrons. The van der Waals surface area contributed by atoms with Crippen LogP contribution in [0.1, 0.15) is 30.5 Å². The number of rotatable bonds is 8. The normalized spacial score (nSPS) is 11.8. The van der Waals surface area contributed by atoms with Crippen molar-refractivity contribution in [3.8, 4) is 5.75 Å². The van der Waals surface area contributed by atoms with E-state index in [2.05, 4.69) is 5.16 Å². The zero-order valence-electron chi connectivity index (χ0n) is 15.5. The van der Waals surface area contributed by atoms with Gasteiger partial charge in [-0.2, -0.15) is 13.2 Å². The zero-order valence-corrected chi connectivity index (χ0v) is 15.5. The molecule has 5 nitrogen and oxygen atoms in total. The fourth-order valence-electron chi connectivity index (χ4n) is 2.18. The minimum atomic E-state index is -4.36. The summed E-state index contributed by atoms with van der Waals surface area (Å²) in [4.78, 5) is 16.5. The monoisotopic (exact) mass is 395 g/mol. The first-order valence-corrected chi connectivity index (χ1v) is 8.51. The van der Waals surface area contributed by atoms with E-state index in [9.17, 15) is 18.0 Å². The molecule has 0 aromatic heterocycles. The molecule has 0 atom stereocenters. The number of hydrogen-bond donors (Lipinski definition) is 0. The number of carbonyl (C=O) groups is 1. The smallest absolute Gasteiger partial charge is 0.416 e. The van der Waals surface area contributed by atoms with E-state index in [1.54, 1.807) is 38.1 Å². The first kappa shape index (κ1) is 21.3. The van der Waals surface area contributed by atoms with Gasteiger partial charge in [-0.05, 0) is 61.4 Å². The summed E-state index contributed by atoms with van der Waals surface area (Å²) in [6, 6.07) is 11.6. The van der Waals surface area contributed by atoms with E-state index in [1.807, 2.05) is 0 Å². The summed E-state index contributed by atoms with van der Waals surface area (Å²) in [5, 5.41) is 3.97. The lowest BCUT2D eigenvalue weighted by Gasteiger charge is -2.08. The highest BCUT2D eigenvalue weighted by Crippen LogP contribution is 2.29. The van der Waals surface area contributed by atoms with Crippen LogP contribution in [0.5, 0.6) is 5.75 Å². The van der Waals surface area contributed by atoms with Crippen molar-refractivity contribution in [3.05, 3.63) is 65.2 Å². The van der Waals surface area contributed by atoms with Crippen LogP contribution in [-0.4, -0.2) is 24.9 Å². The molecule has 0 aliphatic heterocycles. The average molecular weight is 395 g/mol. The first-order chi connectivity index (χ1) is 13.3. The molecule has 0 amide bonds. The number of benzene rings is 2. The SMILES string of the molecule is CCOC(=O)COc1ccc(/C(C)=N/OCc2ccc(C(F)(F)F)cc2)cc1. The van der Waals surface area contributed by atoms with Crippen LogP contribution in [0.3, 0.4) is 0 Å². The van der Waals surface area contributed by atoms with Crippen molar-refractivity contribution in [2.75, 3.05) is 13.2 Å². The summed E-state index contributed by atoms with van der Waals surface area (Å²) >= 11 is 0. The predicted octanol–water partition coefficient (Wildman–Crippen LogP) is 4.59. The second-order valence-corrected chi connectivity index (χ2v) is 5.76. The van der Waals surface area contributed by atoms with Crippen molar-refractivity contribution < 1.29 is 32.3 Å². The van der Waals surface area contributed by atoms with E-state index in [1.165, 1.54) is 12.1 Å². The van der Waals surface area contributed by atoms with Crippen molar-refractivity contribution in [1.29, 1.82) is 0 Å². The van der Waals surface area contributed by atoms with Crippen LogP contribution in [-0.2, 0) is 27.2 Å². The number of esters is 1. The van der Waals surface area contributed by atoms with Crippen molar-refractivity contribution in [3.63, 3.8) is 0 Å². The third-order valence-corrected chi connectivity index (χ3v) is 3.65. The van der Waals surface area contributed by atoms with Gasteiger partial charge in [0.05, 0.1) is 17.9 Å². The predicted molar refractivity (Wildman–Crippen MR) is 97.0 cm³/mol. The number of ether oxygens (including phenoxy) is 2. The molecule has 2 aromatic rings. The maximum absolute atomic E-state index is 12.5. The molecule has 0 bridgehead atoms. The van der Waals surface area contributed by atoms with Crippen molar-refractivity contribution in [2.24, 2.45) is 5.16 Å². The van der Waals surface area contributed by atoms with Crippen LogP contribution in [0, 0.1) is 0 Å². The van der Waals surface area contributed by atoms with E-state index in [0.717, 1.165) is 17.7 Å². The molecule has 0 aliphatic rings. The van der Waals surface area contributed by atoms with E-state index in [4.69, 9.17) is 14.3 Å². The summed E-state index contributed by atoms with van der Waals surface area (Å²) < 4.78 is 47.7. The Bertz CT molecular complexity index is 800. The Balaban J connectivity index is 1.86. The third kappa shape index (κ3) is 6.61. The molecule has 0 N–H and O–H groups in total. The Hall–Kier alpha value is -3.03. The van der Waals surface area contributed by atoms with Gasteiger partial charge in [0, 0.05) is 0 Å². The number of hydrogen-bond acceptors (Lipinski definition) is 5. The molecule has 0 heterocycles. The number of alkyl halides is 3. The molecule has 28 heavy (non-hydrogen) atoms. The van der Waals surface area contributed by atoms with Crippen molar-refractivity contribution >= 4 is 11.7 Å². The standard InChI is InChI=1S/C20H20F3NO4/c1-3-26-19(25)13-27-18-10-6-16(7-11-18)14(2)24-28-12-15-4-8-17(9-5-15)20(21,22)23/h4-11H,3,12-13H2,1-2H3/b24-14+. The highest BCUT2D eigenvalue weighted by Gasteiger charge is 2.29. The summed E-state index contributed by atoms with van der Waals surface area (Å²) in [7, 11) is 0. The van der Waals surface area contributed by atoms with E-state index < -0.39 is 17.7 Å². The van der Waals surface area contributed by atoms with Gasteiger partial charge >= 0.3 is 12.1 Å². The van der Waals surface area contributed by atoms with E-state index in [0.29, 0.717) is 23.6 Å². The van der Waals surface area contributed by atoms with Gasteiger partial charge in [-0.25, -0.2) is 4.79 Å². The summed E-state index contributed by atoms with van der Waals surface area (Å²) in [5.74, 6) is 0.0660. The fraction of sp³-hybridized carbons (Fsp3) is 0.300. The molecule has 150 valence electrons. The molecular formula is C20H20F3NO4. The van der Waals surface area contributed by atoms with Gasteiger partial charge in [0.25, 0.3) is 0 Å². The molecule has 2 rings (SSSR count). The van der Waals surface area contributed by atoms with Crippen LogP contribution in [0.4, 0.5) is 13.2 Å². The van der Waals surface area contributed by atoms with E-state index in [-0.39, 0.29) is 13.2 Å². The van der Waals surface area contributed by atoms with Gasteiger partial charge in [-0.3, -0.25) is 0 Å². The Kier molecular flexibility index (Phi) is 7.43. The Labute approximate surface area is 160 Å². The third-order valence-electron chi connectivity index (χ3n) is 3.65. The zero-order chi connectivity index (χ0) is 20.6. The lowest BCUT2D eigenvalue weighted by Crippen LogP contribution is -2.14. The lowest BCUT2D eigenvalue weighted by molar-refractivity contribution is -0.145. The summed E-state index contributed by atoms with van der Waals surface area (Å²) in [5.41, 5.74) is 1.23. The Morgan fingerprint density at radius 1 is 1.04 bits per heavy atom. The van der Waals surface area contributed by atoms with Crippen molar-refractivity contribution in [2.45, 2.75) is 26.6 Å². The molecule has 0 saturated carbocycles. The number of carbonyl (C=O) groups excluding carboxylic acids is 1. The fourth-order valence-corrected chi connectivity index (χ4v) is 2.18. The molecule has 0 saturated heterocycles. The number of oxime groups is 1. The Morgan fingerprint density at radius 2 is 1.68 bits per heavy atom. The second kappa shape index (κ2) is 9.77. The minimum absolute atomic E-state index is 0.0518. The molecule has 2 aromatic carbocycles. The van der Waals surface area contributed by atoms with Gasteiger partial charge in [0.1, 0.15) is 12.4 Å². The highest BCUT2D eigenvalue weighted by atomic mass is 19.4. The number of nitrogens with zero attached hydrogens (tertiary/aromatic N) is 1.